The number of hydrogen-bond donors (Lipinski definition) is 2. The highest BCUT2D eigenvalue weighted by Crippen LogP contribution is 2.36. The number of aliphatic imine (C=N–C) groups is 1. The van der Waals surface area contributed by atoms with Crippen molar-refractivity contribution in [2.24, 2.45) is 4.99 Å². The van der Waals surface area contributed by atoms with Crippen LogP contribution in [0.15, 0.2) is 4.99 Å². The highest BCUT2D eigenvalue weighted by atomic mass is 127. The molecule has 1 unspecified atom stereocenters. The van der Waals surface area contributed by atoms with E-state index in [4.69, 9.17) is 0 Å². The first-order valence-corrected chi connectivity index (χ1v) is 8.01. The third-order valence-corrected chi connectivity index (χ3v) is 5.36. The van der Waals surface area contributed by atoms with Crippen molar-refractivity contribution in [2.45, 2.75) is 30.9 Å². The first-order chi connectivity index (χ1) is 8.72. The van der Waals surface area contributed by atoms with Crippen molar-refractivity contribution in [3.63, 3.8) is 0 Å². The van der Waals surface area contributed by atoms with Crippen molar-refractivity contribution in [3.8, 4) is 0 Å². The quantitative estimate of drug-likeness (QED) is 0.421. The minimum atomic E-state index is 0. The van der Waals surface area contributed by atoms with Crippen LogP contribution in [0.5, 0.6) is 0 Å². The maximum atomic E-state index is 4.29. The topological polar surface area (TPSA) is 39.7 Å². The molecule has 112 valence electrons. The van der Waals surface area contributed by atoms with Crippen LogP contribution in [0.2, 0.25) is 0 Å². The fourth-order valence-electron chi connectivity index (χ4n) is 2.41. The van der Waals surface area contributed by atoms with Gasteiger partial charge in [0.1, 0.15) is 0 Å². The second-order valence-electron chi connectivity index (χ2n) is 5.45. The van der Waals surface area contributed by atoms with Crippen LogP contribution < -0.4 is 10.6 Å². The van der Waals surface area contributed by atoms with E-state index in [1.807, 2.05) is 7.05 Å². The molecule has 0 amide bonds. The molecule has 2 aliphatic heterocycles. The van der Waals surface area contributed by atoms with E-state index >= 15 is 0 Å². The molecule has 2 heterocycles. The van der Waals surface area contributed by atoms with Crippen LogP contribution in [0.4, 0.5) is 0 Å². The van der Waals surface area contributed by atoms with Crippen LogP contribution >= 0.6 is 35.7 Å². The van der Waals surface area contributed by atoms with Gasteiger partial charge in [-0.15, -0.1) is 24.0 Å². The summed E-state index contributed by atoms with van der Waals surface area (Å²) in [6.07, 6.45) is 4.03. The van der Waals surface area contributed by atoms with Gasteiger partial charge in [-0.05, 0) is 45.0 Å². The second-order valence-corrected chi connectivity index (χ2v) is 7.13. The Morgan fingerprint density at radius 3 is 2.63 bits per heavy atom. The molecule has 4 nitrogen and oxygen atoms in total. The van der Waals surface area contributed by atoms with Gasteiger partial charge >= 0.3 is 0 Å². The Labute approximate surface area is 138 Å². The lowest BCUT2D eigenvalue weighted by molar-refractivity contribution is 0.185. The molecule has 2 N–H and O–H groups in total. The summed E-state index contributed by atoms with van der Waals surface area (Å²) >= 11 is 2.09. The van der Waals surface area contributed by atoms with Gasteiger partial charge in [0.25, 0.3) is 0 Å². The zero-order valence-corrected chi connectivity index (χ0v) is 15.2. The molecule has 0 aliphatic carbocycles. The smallest absolute Gasteiger partial charge is 0.191 e. The zero-order valence-electron chi connectivity index (χ0n) is 12.1. The molecular formula is C13H27IN4S. The van der Waals surface area contributed by atoms with Crippen LogP contribution in [0.3, 0.4) is 0 Å². The molecule has 0 aromatic rings. The van der Waals surface area contributed by atoms with Crippen LogP contribution in [0.1, 0.15) is 26.2 Å². The summed E-state index contributed by atoms with van der Waals surface area (Å²) in [5.74, 6) is 2.25. The van der Waals surface area contributed by atoms with Crippen LogP contribution in [-0.2, 0) is 0 Å². The Balaban J connectivity index is 0.00000180. The first-order valence-electron chi connectivity index (χ1n) is 7.03. The van der Waals surface area contributed by atoms with Crippen molar-refractivity contribution >= 4 is 41.7 Å². The Bertz CT molecular complexity index is 288. The second kappa shape index (κ2) is 8.56. The minimum absolute atomic E-state index is 0. The maximum absolute atomic E-state index is 4.29. The number of likely N-dealkylation sites (tertiary alicyclic amines) is 1. The summed E-state index contributed by atoms with van der Waals surface area (Å²) in [4.78, 5) is 6.75. The summed E-state index contributed by atoms with van der Waals surface area (Å²) in [5.41, 5.74) is 0. The van der Waals surface area contributed by atoms with E-state index in [0.717, 1.165) is 25.6 Å². The van der Waals surface area contributed by atoms with Crippen LogP contribution in [-0.4, -0.2) is 61.1 Å². The largest absolute Gasteiger partial charge is 0.355 e. The van der Waals surface area contributed by atoms with E-state index in [1.54, 1.807) is 0 Å². The highest BCUT2D eigenvalue weighted by Gasteiger charge is 2.29. The zero-order chi connectivity index (χ0) is 12.8. The third-order valence-electron chi connectivity index (χ3n) is 3.82. The number of guanidine groups is 1. The van der Waals surface area contributed by atoms with E-state index in [-0.39, 0.29) is 24.0 Å². The first kappa shape index (κ1) is 17.4. The van der Waals surface area contributed by atoms with E-state index in [1.165, 1.54) is 38.1 Å². The standard InChI is InChI=1S/C13H26N4S.HI/c1-13(5-3-10-18-13)11-16-12(14-2)15-6-9-17-7-4-8-17;/h3-11H2,1-2H3,(H2,14,15,16);1H. The van der Waals surface area contributed by atoms with Gasteiger partial charge in [0.15, 0.2) is 5.96 Å². The van der Waals surface area contributed by atoms with Crippen molar-refractivity contribution in [1.29, 1.82) is 0 Å². The van der Waals surface area contributed by atoms with Gasteiger partial charge in [-0.3, -0.25) is 4.99 Å². The lowest BCUT2D eigenvalue weighted by Crippen LogP contribution is -2.47. The number of hydrogen-bond acceptors (Lipinski definition) is 3. The van der Waals surface area contributed by atoms with E-state index in [0.29, 0.717) is 4.75 Å². The number of rotatable bonds is 5. The number of nitrogens with one attached hydrogen (secondary N) is 2. The van der Waals surface area contributed by atoms with Crippen LogP contribution in [0.25, 0.3) is 0 Å². The van der Waals surface area contributed by atoms with Gasteiger partial charge in [0.05, 0.1) is 0 Å². The van der Waals surface area contributed by atoms with Gasteiger partial charge < -0.3 is 15.5 Å². The summed E-state index contributed by atoms with van der Waals surface area (Å²) in [6, 6.07) is 0. The van der Waals surface area contributed by atoms with Crippen molar-refractivity contribution in [1.82, 2.24) is 15.5 Å². The fraction of sp³-hybridized carbons (Fsp3) is 0.923. The molecule has 0 aromatic carbocycles. The lowest BCUT2D eigenvalue weighted by atomic mass is 10.1. The van der Waals surface area contributed by atoms with Crippen molar-refractivity contribution in [2.75, 3.05) is 45.5 Å². The molecule has 2 aliphatic rings. The summed E-state index contributed by atoms with van der Waals surface area (Å²) in [7, 11) is 1.85. The van der Waals surface area contributed by atoms with Gasteiger partial charge in [0.2, 0.25) is 0 Å². The maximum Gasteiger partial charge on any atom is 0.191 e. The predicted molar refractivity (Wildman–Crippen MR) is 95.9 cm³/mol. The molecule has 0 bridgehead atoms. The SMILES string of the molecule is CN=C(NCCN1CCC1)NCC1(C)CCCS1.I. The number of nitrogens with zero attached hydrogens (tertiary/aromatic N) is 2. The fourth-order valence-corrected chi connectivity index (χ4v) is 3.65. The van der Waals surface area contributed by atoms with E-state index < -0.39 is 0 Å². The minimum Gasteiger partial charge on any atom is -0.355 e. The molecule has 19 heavy (non-hydrogen) atoms. The van der Waals surface area contributed by atoms with Gasteiger partial charge in [-0.1, -0.05) is 0 Å². The molecule has 0 radical (unpaired) electrons. The lowest BCUT2D eigenvalue weighted by Gasteiger charge is -2.31. The molecular weight excluding hydrogens is 371 g/mol. The molecule has 2 saturated heterocycles. The van der Waals surface area contributed by atoms with Crippen molar-refractivity contribution in [3.05, 3.63) is 0 Å². The molecule has 0 aromatic heterocycles. The molecule has 6 heteroatoms. The average Bonchev–Trinajstić information content (AvgIpc) is 2.73. The van der Waals surface area contributed by atoms with Crippen molar-refractivity contribution < 1.29 is 0 Å². The van der Waals surface area contributed by atoms with Gasteiger partial charge in [-0.2, -0.15) is 11.8 Å². The molecule has 2 rings (SSSR count). The van der Waals surface area contributed by atoms with Gasteiger partial charge in [0, 0.05) is 31.4 Å². The highest BCUT2D eigenvalue weighted by molar-refractivity contribution is 14.0. The summed E-state index contributed by atoms with van der Waals surface area (Å²) in [6.45, 7) is 8.02. The molecule has 2 fully saturated rings. The van der Waals surface area contributed by atoms with Gasteiger partial charge in [-0.25, -0.2) is 0 Å². The Kier molecular flexibility index (Phi) is 7.83. The summed E-state index contributed by atoms with van der Waals surface area (Å²) < 4.78 is 0.398. The predicted octanol–water partition coefficient (Wildman–Crippen LogP) is 1.76. The Morgan fingerprint density at radius 1 is 1.32 bits per heavy atom. The molecule has 0 spiro atoms. The normalized spacial score (nSPS) is 27.6. The third kappa shape index (κ3) is 5.67. The van der Waals surface area contributed by atoms with E-state index in [9.17, 15) is 0 Å². The number of thioether (sulfide) groups is 1. The Morgan fingerprint density at radius 2 is 2.11 bits per heavy atom. The molecule has 0 saturated carbocycles. The number of halogens is 1. The Hall–Kier alpha value is 0.310. The van der Waals surface area contributed by atoms with Crippen LogP contribution in [0, 0.1) is 0 Å². The molecule has 1 atom stereocenters. The monoisotopic (exact) mass is 398 g/mol. The van der Waals surface area contributed by atoms with E-state index in [2.05, 4.69) is 39.2 Å². The summed E-state index contributed by atoms with van der Waals surface area (Å²) in [5, 5.41) is 6.86. The average molecular weight is 398 g/mol.